The third-order valence-electron chi connectivity index (χ3n) is 3.26. The second-order valence-corrected chi connectivity index (χ2v) is 6.89. The minimum Gasteiger partial charge on any atom is -0.452 e. The van der Waals surface area contributed by atoms with Crippen molar-refractivity contribution >= 4 is 26.0 Å². The lowest BCUT2D eigenvalue weighted by atomic mass is 10.2. The summed E-state index contributed by atoms with van der Waals surface area (Å²) >= 11 is 3.10. The summed E-state index contributed by atoms with van der Waals surface area (Å²) in [5.74, 6) is 0.418. The van der Waals surface area contributed by atoms with E-state index in [1.165, 1.54) is 6.07 Å². The van der Waals surface area contributed by atoms with Crippen LogP contribution in [-0.4, -0.2) is 27.7 Å². The van der Waals surface area contributed by atoms with Gasteiger partial charge >= 0.3 is 0 Å². The molecule has 1 aliphatic carbocycles. The summed E-state index contributed by atoms with van der Waals surface area (Å²) < 4.78 is 37.9. The zero-order chi connectivity index (χ0) is 14.0. The highest BCUT2D eigenvalue weighted by Gasteiger charge is 2.33. The Labute approximate surface area is 120 Å². The standard InChI is InChI=1S/C11H17BrN2O4S/c1-17-9-4-2-3-8(9)14-19(15,16)10-5-7(6-13)18-11(10)12/h5,8-9,14H,2-4,6,13H2,1H3. The molecule has 1 saturated carbocycles. The van der Waals surface area contributed by atoms with Crippen LogP contribution in [0.5, 0.6) is 0 Å². The first-order valence-electron chi connectivity index (χ1n) is 6.01. The van der Waals surface area contributed by atoms with Crippen LogP contribution in [-0.2, 0) is 21.3 Å². The summed E-state index contributed by atoms with van der Waals surface area (Å²) in [7, 11) is -2.04. The lowest BCUT2D eigenvalue weighted by Crippen LogP contribution is -2.40. The minimum atomic E-state index is -3.63. The summed E-state index contributed by atoms with van der Waals surface area (Å²) in [5.41, 5.74) is 5.43. The molecule has 108 valence electrons. The molecule has 1 fully saturated rings. The van der Waals surface area contributed by atoms with Gasteiger partial charge in [-0.05, 0) is 35.2 Å². The van der Waals surface area contributed by atoms with Gasteiger partial charge < -0.3 is 14.9 Å². The Hall–Kier alpha value is -0.410. The topological polar surface area (TPSA) is 94.6 Å². The Morgan fingerprint density at radius 1 is 1.58 bits per heavy atom. The molecular formula is C11H17BrN2O4S. The largest absolute Gasteiger partial charge is 0.452 e. The number of sulfonamides is 1. The van der Waals surface area contributed by atoms with Crippen LogP contribution in [0.1, 0.15) is 25.0 Å². The summed E-state index contributed by atoms with van der Waals surface area (Å²) in [4.78, 5) is 0.0784. The number of methoxy groups -OCH3 is 1. The van der Waals surface area contributed by atoms with Crippen LogP contribution in [0, 0.1) is 0 Å². The van der Waals surface area contributed by atoms with Crippen molar-refractivity contribution in [3.8, 4) is 0 Å². The highest BCUT2D eigenvalue weighted by Crippen LogP contribution is 2.28. The van der Waals surface area contributed by atoms with E-state index in [2.05, 4.69) is 20.7 Å². The van der Waals surface area contributed by atoms with Gasteiger partial charge in [0, 0.05) is 19.2 Å². The zero-order valence-electron chi connectivity index (χ0n) is 10.6. The average Bonchev–Trinajstić information content (AvgIpc) is 2.95. The van der Waals surface area contributed by atoms with Crippen LogP contribution in [0.2, 0.25) is 0 Å². The van der Waals surface area contributed by atoms with E-state index >= 15 is 0 Å². The first kappa shape index (κ1) is 15.0. The summed E-state index contributed by atoms with van der Waals surface area (Å²) in [6.45, 7) is 0.151. The Morgan fingerprint density at radius 2 is 2.32 bits per heavy atom. The van der Waals surface area contributed by atoms with E-state index in [0.717, 1.165) is 19.3 Å². The van der Waals surface area contributed by atoms with Crippen LogP contribution in [0.4, 0.5) is 0 Å². The van der Waals surface area contributed by atoms with Gasteiger partial charge in [0.05, 0.1) is 12.6 Å². The molecule has 1 aliphatic rings. The van der Waals surface area contributed by atoms with Crippen molar-refractivity contribution in [3.05, 3.63) is 16.5 Å². The van der Waals surface area contributed by atoms with Gasteiger partial charge in [0.15, 0.2) is 4.67 Å². The van der Waals surface area contributed by atoms with Gasteiger partial charge in [-0.25, -0.2) is 13.1 Å². The molecule has 0 bridgehead atoms. The van der Waals surface area contributed by atoms with Crippen LogP contribution < -0.4 is 10.5 Å². The van der Waals surface area contributed by atoms with Gasteiger partial charge in [-0.2, -0.15) is 0 Å². The van der Waals surface area contributed by atoms with Gasteiger partial charge in [0.2, 0.25) is 10.0 Å². The van der Waals surface area contributed by atoms with Crippen molar-refractivity contribution in [2.75, 3.05) is 7.11 Å². The normalized spacial score (nSPS) is 23.9. The number of hydrogen-bond acceptors (Lipinski definition) is 5. The SMILES string of the molecule is COC1CCCC1NS(=O)(=O)c1cc(CN)oc1Br. The number of nitrogens with one attached hydrogen (secondary N) is 1. The van der Waals surface area contributed by atoms with Crippen molar-refractivity contribution in [3.63, 3.8) is 0 Å². The maximum atomic E-state index is 12.3. The second-order valence-electron chi connectivity index (χ2n) is 4.49. The summed E-state index contributed by atoms with van der Waals surface area (Å²) in [6.07, 6.45) is 2.52. The van der Waals surface area contributed by atoms with Crippen molar-refractivity contribution < 1.29 is 17.6 Å². The van der Waals surface area contributed by atoms with Gasteiger partial charge in [-0.1, -0.05) is 0 Å². The Bertz CT molecular complexity index is 543. The number of rotatable bonds is 5. The maximum absolute atomic E-state index is 12.3. The molecule has 2 rings (SSSR count). The lowest BCUT2D eigenvalue weighted by Gasteiger charge is -2.19. The zero-order valence-corrected chi connectivity index (χ0v) is 13.0. The van der Waals surface area contributed by atoms with Crippen LogP contribution in [0.3, 0.4) is 0 Å². The molecule has 0 aromatic carbocycles. The summed E-state index contributed by atoms with van der Waals surface area (Å²) in [5, 5.41) is 0. The van der Waals surface area contributed by atoms with Crippen LogP contribution >= 0.6 is 15.9 Å². The molecule has 1 aromatic heterocycles. The van der Waals surface area contributed by atoms with Gasteiger partial charge in [-0.3, -0.25) is 0 Å². The monoisotopic (exact) mass is 352 g/mol. The number of nitrogens with two attached hydrogens (primary N) is 1. The quantitative estimate of drug-likeness (QED) is 0.833. The fourth-order valence-corrected chi connectivity index (χ4v) is 4.58. The second kappa shape index (κ2) is 5.92. The fourth-order valence-electron chi connectivity index (χ4n) is 2.29. The number of ether oxygens (including phenoxy) is 1. The number of furan rings is 1. The fraction of sp³-hybridized carbons (Fsp3) is 0.636. The van der Waals surface area contributed by atoms with E-state index < -0.39 is 10.0 Å². The minimum absolute atomic E-state index is 0.0746. The molecule has 3 N–H and O–H groups in total. The van der Waals surface area contributed by atoms with E-state index in [1.54, 1.807) is 7.11 Å². The predicted molar refractivity (Wildman–Crippen MR) is 73.1 cm³/mol. The van der Waals surface area contributed by atoms with Gasteiger partial charge in [0.25, 0.3) is 0 Å². The third kappa shape index (κ3) is 3.19. The third-order valence-corrected chi connectivity index (χ3v) is 5.61. The molecule has 2 unspecified atom stereocenters. The van der Waals surface area contributed by atoms with Crippen molar-refractivity contribution in [1.82, 2.24) is 4.72 Å². The first-order chi connectivity index (χ1) is 8.97. The molecule has 2 atom stereocenters. The van der Waals surface area contributed by atoms with E-state index in [1.807, 2.05) is 0 Å². The molecule has 0 amide bonds. The van der Waals surface area contributed by atoms with Crippen molar-refractivity contribution in [2.45, 2.75) is 42.8 Å². The molecule has 19 heavy (non-hydrogen) atoms. The molecular weight excluding hydrogens is 336 g/mol. The molecule has 1 aromatic rings. The molecule has 0 saturated heterocycles. The van der Waals surface area contributed by atoms with Gasteiger partial charge in [0.1, 0.15) is 10.7 Å². The highest BCUT2D eigenvalue weighted by molar-refractivity contribution is 9.10. The lowest BCUT2D eigenvalue weighted by molar-refractivity contribution is 0.0916. The van der Waals surface area contributed by atoms with Crippen molar-refractivity contribution in [2.24, 2.45) is 5.73 Å². The molecule has 8 heteroatoms. The molecule has 0 aliphatic heterocycles. The van der Waals surface area contributed by atoms with E-state index in [-0.39, 0.29) is 28.3 Å². The predicted octanol–water partition coefficient (Wildman–Crippen LogP) is 1.35. The molecule has 1 heterocycles. The molecule has 0 radical (unpaired) electrons. The first-order valence-corrected chi connectivity index (χ1v) is 8.29. The Kier molecular flexibility index (Phi) is 4.67. The highest BCUT2D eigenvalue weighted by atomic mass is 79.9. The maximum Gasteiger partial charge on any atom is 0.245 e. The van der Waals surface area contributed by atoms with Gasteiger partial charge in [-0.15, -0.1) is 0 Å². The van der Waals surface area contributed by atoms with E-state index in [9.17, 15) is 8.42 Å². The Morgan fingerprint density at radius 3 is 2.89 bits per heavy atom. The smallest absolute Gasteiger partial charge is 0.245 e. The van der Waals surface area contributed by atoms with Crippen LogP contribution in [0.15, 0.2) is 20.0 Å². The van der Waals surface area contributed by atoms with Crippen molar-refractivity contribution in [1.29, 1.82) is 0 Å². The van der Waals surface area contributed by atoms with E-state index in [4.69, 9.17) is 14.9 Å². The molecule has 6 nitrogen and oxygen atoms in total. The average molecular weight is 353 g/mol. The van der Waals surface area contributed by atoms with Crippen LogP contribution in [0.25, 0.3) is 0 Å². The number of halogens is 1. The number of hydrogen-bond donors (Lipinski definition) is 2. The molecule has 0 spiro atoms. The van der Waals surface area contributed by atoms with E-state index in [0.29, 0.717) is 5.76 Å². The summed E-state index contributed by atoms with van der Waals surface area (Å²) in [6, 6.07) is 1.24. The Balaban J connectivity index is 2.20.